The first-order valence-corrected chi connectivity index (χ1v) is 5.76. The van der Waals surface area contributed by atoms with Crippen LogP contribution in [0.4, 0.5) is 5.69 Å². The highest BCUT2D eigenvalue weighted by atomic mass is 79.9. The van der Waals surface area contributed by atoms with E-state index in [0.29, 0.717) is 12.3 Å². The molecular formula is C13H12BrNO. The van der Waals surface area contributed by atoms with Crippen LogP contribution in [0.3, 0.4) is 0 Å². The molecule has 0 atom stereocenters. The molecule has 0 fully saturated rings. The number of hydrogen-bond donors (Lipinski definition) is 1. The van der Waals surface area contributed by atoms with E-state index in [2.05, 4.69) is 15.9 Å². The zero-order valence-corrected chi connectivity index (χ0v) is 10.3. The van der Waals surface area contributed by atoms with Gasteiger partial charge in [-0.3, -0.25) is 0 Å². The number of anilines is 1. The average Bonchev–Trinajstić information content (AvgIpc) is 2.28. The Labute approximate surface area is 103 Å². The van der Waals surface area contributed by atoms with Crippen LogP contribution in [-0.4, -0.2) is 0 Å². The van der Waals surface area contributed by atoms with Crippen LogP contribution in [0.5, 0.6) is 5.75 Å². The Bertz CT molecular complexity index is 468. The van der Waals surface area contributed by atoms with Gasteiger partial charge in [0.1, 0.15) is 12.4 Å². The molecule has 0 aliphatic heterocycles. The summed E-state index contributed by atoms with van der Waals surface area (Å²) in [5, 5.41) is 0. The highest BCUT2D eigenvalue weighted by molar-refractivity contribution is 9.10. The van der Waals surface area contributed by atoms with Crippen LogP contribution in [0.2, 0.25) is 0 Å². The molecule has 0 aliphatic carbocycles. The second-order valence-electron chi connectivity index (χ2n) is 3.49. The van der Waals surface area contributed by atoms with Gasteiger partial charge in [0.15, 0.2) is 0 Å². The lowest BCUT2D eigenvalue weighted by Crippen LogP contribution is -1.95. The monoisotopic (exact) mass is 277 g/mol. The Morgan fingerprint density at radius 1 is 1.06 bits per heavy atom. The van der Waals surface area contributed by atoms with E-state index in [4.69, 9.17) is 10.5 Å². The van der Waals surface area contributed by atoms with Crippen molar-refractivity contribution < 1.29 is 4.74 Å². The van der Waals surface area contributed by atoms with E-state index in [0.717, 1.165) is 15.8 Å². The Morgan fingerprint density at radius 2 is 1.81 bits per heavy atom. The molecule has 0 radical (unpaired) electrons. The number of nitrogens with two attached hydrogens (primary N) is 1. The van der Waals surface area contributed by atoms with Gasteiger partial charge in [-0.2, -0.15) is 0 Å². The molecule has 2 aromatic rings. The normalized spacial score (nSPS) is 10.1. The molecular weight excluding hydrogens is 266 g/mol. The summed E-state index contributed by atoms with van der Waals surface area (Å²) in [4.78, 5) is 0. The molecule has 3 heteroatoms. The molecule has 0 aromatic heterocycles. The van der Waals surface area contributed by atoms with Crippen LogP contribution in [0.15, 0.2) is 53.0 Å². The number of ether oxygens (including phenoxy) is 1. The van der Waals surface area contributed by atoms with Crippen molar-refractivity contribution in [1.29, 1.82) is 0 Å². The van der Waals surface area contributed by atoms with Crippen molar-refractivity contribution in [2.45, 2.75) is 6.61 Å². The first-order chi connectivity index (χ1) is 7.74. The molecule has 82 valence electrons. The molecule has 0 heterocycles. The Kier molecular flexibility index (Phi) is 3.47. The van der Waals surface area contributed by atoms with Gasteiger partial charge in [0.25, 0.3) is 0 Å². The number of halogens is 1. The summed E-state index contributed by atoms with van der Waals surface area (Å²) in [5.41, 5.74) is 7.51. The fourth-order valence-electron chi connectivity index (χ4n) is 1.35. The summed E-state index contributed by atoms with van der Waals surface area (Å²) < 4.78 is 6.69. The van der Waals surface area contributed by atoms with Gasteiger partial charge in [0, 0.05) is 16.2 Å². The molecule has 16 heavy (non-hydrogen) atoms. The SMILES string of the molecule is Nc1cccc(OCc2ccc(Br)cc2)c1. The predicted octanol–water partition coefficient (Wildman–Crippen LogP) is 3.61. The van der Waals surface area contributed by atoms with Gasteiger partial charge in [0.05, 0.1) is 0 Å². The van der Waals surface area contributed by atoms with Gasteiger partial charge in [-0.05, 0) is 29.8 Å². The third-order valence-corrected chi connectivity index (χ3v) is 2.71. The molecule has 2 aromatic carbocycles. The van der Waals surface area contributed by atoms with E-state index in [-0.39, 0.29) is 0 Å². The first-order valence-electron chi connectivity index (χ1n) is 4.97. The zero-order chi connectivity index (χ0) is 11.4. The van der Waals surface area contributed by atoms with E-state index in [1.165, 1.54) is 0 Å². The fraction of sp³-hybridized carbons (Fsp3) is 0.0769. The third kappa shape index (κ3) is 3.00. The summed E-state index contributed by atoms with van der Waals surface area (Å²) >= 11 is 3.39. The standard InChI is InChI=1S/C13H12BrNO/c14-11-6-4-10(5-7-11)9-16-13-3-1-2-12(15)8-13/h1-8H,9,15H2. The molecule has 0 unspecified atom stereocenters. The summed E-state index contributed by atoms with van der Waals surface area (Å²) in [6, 6.07) is 15.5. The van der Waals surface area contributed by atoms with Crippen molar-refractivity contribution in [3.05, 3.63) is 58.6 Å². The third-order valence-electron chi connectivity index (χ3n) is 2.18. The number of rotatable bonds is 3. The van der Waals surface area contributed by atoms with Crippen LogP contribution < -0.4 is 10.5 Å². The molecule has 0 spiro atoms. The molecule has 0 saturated heterocycles. The quantitative estimate of drug-likeness (QED) is 0.870. The summed E-state index contributed by atoms with van der Waals surface area (Å²) in [7, 11) is 0. The van der Waals surface area contributed by atoms with Gasteiger partial charge in [-0.1, -0.05) is 34.1 Å². The minimum absolute atomic E-state index is 0.552. The van der Waals surface area contributed by atoms with Gasteiger partial charge < -0.3 is 10.5 Å². The highest BCUT2D eigenvalue weighted by Crippen LogP contribution is 2.17. The fourth-order valence-corrected chi connectivity index (χ4v) is 1.62. The summed E-state index contributed by atoms with van der Waals surface area (Å²) in [6.45, 7) is 0.552. The van der Waals surface area contributed by atoms with Crippen molar-refractivity contribution in [2.24, 2.45) is 0 Å². The zero-order valence-electron chi connectivity index (χ0n) is 8.69. The van der Waals surface area contributed by atoms with Gasteiger partial charge in [-0.25, -0.2) is 0 Å². The van der Waals surface area contributed by atoms with E-state index >= 15 is 0 Å². The molecule has 2 nitrogen and oxygen atoms in total. The van der Waals surface area contributed by atoms with Crippen molar-refractivity contribution in [3.63, 3.8) is 0 Å². The van der Waals surface area contributed by atoms with E-state index < -0.39 is 0 Å². The van der Waals surface area contributed by atoms with E-state index in [1.807, 2.05) is 48.5 Å². The largest absolute Gasteiger partial charge is 0.489 e. The molecule has 0 bridgehead atoms. The van der Waals surface area contributed by atoms with Gasteiger partial charge in [-0.15, -0.1) is 0 Å². The molecule has 0 aliphatic rings. The van der Waals surface area contributed by atoms with Crippen LogP contribution in [0, 0.1) is 0 Å². The molecule has 0 amide bonds. The van der Waals surface area contributed by atoms with Crippen molar-refractivity contribution in [2.75, 3.05) is 5.73 Å². The molecule has 0 saturated carbocycles. The van der Waals surface area contributed by atoms with Crippen LogP contribution in [-0.2, 0) is 6.61 Å². The Morgan fingerprint density at radius 3 is 2.50 bits per heavy atom. The smallest absolute Gasteiger partial charge is 0.121 e. The highest BCUT2D eigenvalue weighted by Gasteiger charge is 1.96. The second kappa shape index (κ2) is 5.03. The maximum atomic E-state index is 5.66. The Hall–Kier alpha value is -1.48. The maximum Gasteiger partial charge on any atom is 0.121 e. The Balaban J connectivity index is 1.99. The lowest BCUT2D eigenvalue weighted by Gasteiger charge is -2.06. The van der Waals surface area contributed by atoms with Crippen molar-refractivity contribution in [3.8, 4) is 5.75 Å². The van der Waals surface area contributed by atoms with E-state index in [1.54, 1.807) is 0 Å². The van der Waals surface area contributed by atoms with Crippen molar-refractivity contribution >= 4 is 21.6 Å². The van der Waals surface area contributed by atoms with Crippen LogP contribution >= 0.6 is 15.9 Å². The minimum atomic E-state index is 0.552. The van der Waals surface area contributed by atoms with Crippen LogP contribution in [0.1, 0.15) is 5.56 Å². The van der Waals surface area contributed by atoms with Crippen LogP contribution in [0.25, 0.3) is 0 Å². The predicted molar refractivity (Wildman–Crippen MR) is 69.3 cm³/mol. The summed E-state index contributed by atoms with van der Waals surface area (Å²) in [5.74, 6) is 0.794. The van der Waals surface area contributed by atoms with Gasteiger partial charge in [0.2, 0.25) is 0 Å². The number of benzene rings is 2. The molecule has 2 N–H and O–H groups in total. The lowest BCUT2D eigenvalue weighted by atomic mass is 10.2. The van der Waals surface area contributed by atoms with Crippen molar-refractivity contribution in [1.82, 2.24) is 0 Å². The number of nitrogen functional groups attached to an aromatic ring is 1. The number of hydrogen-bond acceptors (Lipinski definition) is 2. The second-order valence-corrected chi connectivity index (χ2v) is 4.40. The molecule has 2 rings (SSSR count). The maximum absolute atomic E-state index is 5.66. The van der Waals surface area contributed by atoms with Gasteiger partial charge >= 0.3 is 0 Å². The summed E-state index contributed by atoms with van der Waals surface area (Å²) in [6.07, 6.45) is 0. The van der Waals surface area contributed by atoms with E-state index in [9.17, 15) is 0 Å². The first kappa shape index (κ1) is 11.0. The average molecular weight is 278 g/mol. The topological polar surface area (TPSA) is 35.2 Å². The minimum Gasteiger partial charge on any atom is -0.489 e. The lowest BCUT2D eigenvalue weighted by molar-refractivity contribution is 0.306.